The Labute approximate surface area is 134 Å². The fraction of sp³-hybridized carbons (Fsp3) is 0.294. The van der Waals surface area contributed by atoms with E-state index >= 15 is 0 Å². The molecule has 110 valence electrons. The zero-order valence-electron chi connectivity index (χ0n) is 12.0. The van der Waals surface area contributed by atoms with Gasteiger partial charge in [-0.3, -0.25) is 4.90 Å². The van der Waals surface area contributed by atoms with Gasteiger partial charge in [0, 0.05) is 24.1 Å². The lowest BCUT2D eigenvalue weighted by Crippen LogP contribution is -2.33. The van der Waals surface area contributed by atoms with Crippen LogP contribution in [0.25, 0.3) is 0 Å². The number of anilines is 2. The highest BCUT2D eigenvalue weighted by Crippen LogP contribution is 2.34. The molecule has 0 saturated carbocycles. The van der Waals surface area contributed by atoms with Crippen LogP contribution in [-0.4, -0.2) is 18.0 Å². The zero-order chi connectivity index (χ0) is 14.8. The Morgan fingerprint density at radius 1 is 1.10 bits per heavy atom. The van der Waals surface area contributed by atoms with Crippen LogP contribution >= 0.6 is 15.9 Å². The third-order valence-electron chi connectivity index (χ3n) is 4.19. The number of fused-ring (bicyclic) bond motifs is 1. The summed E-state index contributed by atoms with van der Waals surface area (Å²) in [5.74, 6) is 0. The number of halogens is 1. The second-order valence-corrected chi connectivity index (χ2v) is 6.43. The van der Waals surface area contributed by atoms with Gasteiger partial charge >= 0.3 is 0 Å². The van der Waals surface area contributed by atoms with Gasteiger partial charge < -0.3 is 11.5 Å². The van der Waals surface area contributed by atoms with Crippen molar-refractivity contribution in [1.29, 1.82) is 0 Å². The molecule has 0 amide bonds. The molecule has 0 radical (unpaired) electrons. The third kappa shape index (κ3) is 3.06. The van der Waals surface area contributed by atoms with Crippen molar-refractivity contribution in [3.63, 3.8) is 0 Å². The summed E-state index contributed by atoms with van der Waals surface area (Å²) in [7, 11) is 0. The van der Waals surface area contributed by atoms with Gasteiger partial charge in [0.1, 0.15) is 0 Å². The van der Waals surface area contributed by atoms with Gasteiger partial charge in [-0.15, -0.1) is 0 Å². The van der Waals surface area contributed by atoms with Crippen LogP contribution in [0.5, 0.6) is 0 Å². The fourth-order valence-electron chi connectivity index (χ4n) is 2.93. The third-order valence-corrected chi connectivity index (χ3v) is 4.90. The number of benzene rings is 2. The molecule has 0 aromatic heterocycles. The molecule has 0 unspecified atom stereocenters. The summed E-state index contributed by atoms with van der Waals surface area (Å²) in [6.07, 6.45) is 2.05. The van der Waals surface area contributed by atoms with Gasteiger partial charge in [-0.1, -0.05) is 46.3 Å². The number of nitrogens with zero attached hydrogens (tertiary/aromatic N) is 1. The van der Waals surface area contributed by atoms with Crippen LogP contribution in [0.4, 0.5) is 11.4 Å². The van der Waals surface area contributed by atoms with E-state index in [1.807, 2.05) is 6.07 Å². The van der Waals surface area contributed by atoms with Gasteiger partial charge in [0.2, 0.25) is 0 Å². The summed E-state index contributed by atoms with van der Waals surface area (Å²) in [4.78, 5) is 2.48. The van der Waals surface area contributed by atoms with Crippen molar-refractivity contribution in [1.82, 2.24) is 4.90 Å². The van der Waals surface area contributed by atoms with E-state index < -0.39 is 0 Å². The Hall–Kier alpha value is -1.52. The Balaban J connectivity index is 1.72. The Morgan fingerprint density at radius 2 is 1.86 bits per heavy atom. The molecule has 1 heterocycles. The van der Waals surface area contributed by atoms with Crippen molar-refractivity contribution in [3.8, 4) is 0 Å². The molecule has 21 heavy (non-hydrogen) atoms. The Bertz CT molecular complexity index is 640. The second kappa shape index (κ2) is 6.08. The van der Waals surface area contributed by atoms with Crippen molar-refractivity contribution in [3.05, 3.63) is 57.6 Å². The number of nitrogens with two attached hydrogens (primary N) is 2. The molecule has 1 aliphatic rings. The van der Waals surface area contributed by atoms with E-state index in [1.54, 1.807) is 0 Å². The van der Waals surface area contributed by atoms with Crippen molar-refractivity contribution < 1.29 is 0 Å². The highest BCUT2D eigenvalue weighted by molar-refractivity contribution is 9.10. The minimum atomic E-state index is 0.679. The van der Waals surface area contributed by atoms with E-state index in [0.29, 0.717) is 5.69 Å². The average Bonchev–Trinajstić information content (AvgIpc) is 2.51. The summed E-state index contributed by atoms with van der Waals surface area (Å²) in [5.41, 5.74) is 17.4. The maximum Gasteiger partial charge on any atom is 0.0584 e. The number of nitrogen functional groups attached to an aromatic ring is 2. The highest BCUT2D eigenvalue weighted by Gasteiger charge is 2.21. The standard InChI is InChI=1S/C17H20BrN3/c18-15-10-16(19)17(20)13-7-9-21(11-14(13)15)8-6-12-4-2-1-3-5-12/h1-5,10H,6-9,11,19-20H2. The largest absolute Gasteiger partial charge is 0.397 e. The highest BCUT2D eigenvalue weighted by atomic mass is 79.9. The van der Waals surface area contributed by atoms with Gasteiger partial charge in [-0.05, 0) is 35.6 Å². The molecule has 3 nitrogen and oxygen atoms in total. The molecule has 0 atom stereocenters. The van der Waals surface area contributed by atoms with Gasteiger partial charge in [0.25, 0.3) is 0 Å². The first-order chi connectivity index (χ1) is 10.1. The summed E-state index contributed by atoms with van der Waals surface area (Å²) in [6.45, 7) is 3.05. The van der Waals surface area contributed by atoms with Crippen LogP contribution in [0, 0.1) is 0 Å². The Morgan fingerprint density at radius 3 is 2.62 bits per heavy atom. The topological polar surface area (TPSA) is 55.3 Å². The smallest absolute Gasteiger partial charge is 0.0584 e. The summed E-state index contributed by atoms with van der Waals surface area (Å²) in [6, 6.07) is 12.6. The molecule has 4 N–H and O–H groups in total. The monoisotopic (exact) mass is 345 g/mol. The number of hydrogen-bond donors (Lipinski definition) is 2. The van der Waals surface area contributed by atoms with E-state index in [2.05, 4.69) is 51.2 Å². The molecule has 0 aliphatic carbocycles. The van der Waals surface area contributed by atoms with E-state index in [1.165, 1.54) is 16.7 Å². The molecule has 0 spiro atoms. The molecule has 4 heteroatoms. The quantitative estimate of drug-likeness (QED) is 0.839. The first-order valence-corrected chi connectivity index (χ1v) is 8.06. The molecular weight excluding hydrogens is 326 g/mol. The van der Waals surface area contributed by atoms with E-state index in [4.69, 9.17) is 11.5 Å². The summed E-state index contributed by atoms with van der Waals surface area (Å²) < 4.78 is 1.08. The minimum absolute atomic E-state index is 0.679. The number of rotatable bonds is 3. The van der Waals surface area contributed by atoms with Crippen molar-refractivity contribution >= 4 is 27.3 Å². The Kier molecular flexibility index (Phi) is 4.17. The van der Waals surface area contributed by atoms with Gasteiger partial charge in [0.05, 0.1) is 11.4 Å². The maximum absolute atomic E-state index is 6.12. The molecule has 0 bridgehead atoms. The first kappa shape index (κ1) is 14.4. The lowest BCUT2D eigenvalue weighted by atomic mass is 9.96. The maximum atomic E-state index is 6.12. The van der Waals surface area contributed by atoms with Crippen molar-refractivity contribution in [2.75, 3.05) is 24.6 Å². The van der Waals surface area contributed by atoms with E-state index in [-0.39, 0.29) is 0 Å². The molecule has 2 aromatic carbocycles. The van der Waals surface area contributed by atoms with Gasteiger partial charge in [-0.2, -0.15) is 0 Å². The predicted octanol–water partition coefficient (Wildman–Crippen LogP) is 3.21. The molecular formula is C17H20BrN3. The zero-order valence-corrected chi connectivity index (χ0v) is 13.6. The van der Waals surface area contributed by atoms with Crippen LogP contribution in [0.2, 0.25) is 0 Å². The van der Waals surface area contributed by atoms with Gasteiger partial charge in [-0.25, -0.2) is 0 Å². The first-order valence-electron chi connectivity index (χ1n) is 7.26. The number of hydrogen-bond acceptors (Lipinski definition) is 3. The molecule has 0 fully saturated rings. The molecule has 0 saturated heterocycles. The SMILES string of the molecule is Nc1cc(Br)c2c(c1N)CCN(CCc1ccccc1)C2. The lowest BCUT2D eigenvalue weighted by Gasteiger charge is -2.30. The van der Waals surface area contributed by atoms with Crippen molar-refractivity contribution in [2.24, 2.45) is 0 Å². The normalized spacial score (nSPS) is 14.9. The van der Waals surface area contributed by atoms with Crippen LogP contribution in [0.3, 0.4) is 0 Å². The molecule has 3 rings (SSSR count). The van der Waals surface area contributed by atoms with Crippen LogP contribution in [0.15, 0.2) is 40.9 Å². The van der Waals surface area contributed by atoms with E-state index in [9.17, 15) is 0 Å². The summed E-state index contributed by atoms with van der Waals surface area (Å²) >= 11 is 3.63. The average molecular weight is 346 g/mol. The fourth-order valence-corrected chi connectivity index (χ4v) is 3.55. The van der Waals surface area contributed by atoms with Crippen molar-refractivity contribution in [2.45, 2.75) is 19.4 Å². The van der Waals surface area contributed by atoms with Gasteiger partial charge in [0.15, 0.2) is 0 Å². The lowest BCUT2D eigenvalue weighted by molar-refractivity contribution is 0.257. The molecule has 1 aliphatic heterocycles. The van der Waals surface area contributed by atoms with Crippen LogP contribution in [-0.2, 0) is 19.4 Å². The van der Waals surface area contributed by atoms with Crippen LogP contribution < -0.4 is 11.5 Å². The summed E-state index contributed by atoms with van der Waals surface area (Å²) in [5, 5.41) is 0. The predicted molar refractivity (Wildman–Crippen MR) is 92.1 cm³/mol. The second-order valence-electron chi connectivity index (χ2n) is 5.58. The minimum Gasteiger partial charge on any atom is -0.397 e. The molecule has 2 aromatic rings. The van der Waals surface area contributed by atoms with Crippen LogP contribution in [0.1, 0.15) is 16.7 Å². The van der Waals surface area contributed by atoms with E-state index in [0.717, 1.165) is 42.6 Å².